The van der Waals surface area contributed by atoms with Crippen molar-refractivity contribution < 1.29 is 4.42 Å². The Labute approximate surface area is 168 Å². The molecule has 0 amide bonds. The summed E-state index contributed by atoms with van der Waals surface area (Å²) in [5, 5.41) is 9.42. The van der Waals surface area contributed by atoms with E-state index in [9.17, 15) is 0 Å². The van der Waals surface area contributed by atoms with Crippen molar-refractivity contribution in [2.45, 2.75) is 37.7 Å². The van der Waals surface area contributed by atoms with Crippen molar-refractivity contribution in [1.82, 2.24) is 19.7 Å². The van der Waals surface area contributed by atoms with Crippen LogP contribution in [0.2, 0.25) is 0 Å². The van der Waals surface area contributed by atoms with Gasteiger partial charge >= 0.3 is 0 Å². The van der Waals surface area contributed by atoms with Crippen LogP contribution in [0.1, 0.15) is 30.6 Å². The van der Waals surface area contributed by atoms with Gasteiger partial charge in [0.2, 0.25) is 11.8 Å². The van der Waals surface area contributed by atoms with E-state index in [2.05, 4.69) is 52.7 Å². The Balaban J connectivity index is 1.55. The van der Waals surface area contributed by atoms with Gasteiger partial charge in [-0.15, -0.1) is 10.2 Å². The van der Waals surface area contributed by atoms with E-state index in [4.69, 9.17) is 4.42 Å². The van der Waals surface area contributed by atoms with Crippen molar-refractivity contribution in [3.63, 3.8) is 0 Å². The molecule has 4 rings (SSSR count). The highest BCUT2D eigenvalue weighted by Gasteiger charge is 2.20. The maximum Gasteiger partial charge on any atom is 0.247 e. The number of aromatic nitrogens is 4. The van der Waals surface area contributed by atoms with Crippen LogP contribution in [0.15, 0.2) is 70.4 Å². The summed E-state index contributed by atoms with van der Waals surface area (Å²) >= 11 is 1.63. The molecular formula is C22H22N4OS. The summed E-state index contributed by atoms with van der Waals surface area (Å²) in [6.07, 6.45) is 1.93. The zero-order valence-corrected chi connectivity index (χ0v) is 17.0. The number of aryl methyl sites for hydroxylation is 1. The fraction of sp³-hybridized carbons (Fsp3) is 0.227. The molecule has 6 heteroatoms. The molecule has 0 spiro atoms. The summed E-state index contributed by atoms with van der Waals surface area (Å²) in [7, 11) is 0. The molecule has 28 heavy (non-hydrogen) atoms. The molecule has 0 unspecified atom stereocenters. The Bertz CT molecular complexity index is 1050. The first-order chi connectivity index (χ1) is 13.7. The number of imidazole rings is 1. The average molecular weight is 391 g/mol. The molecule has 0 aliphatic carbocycles. The van der Waals surface area contributed by atoms with Crippen molar-refractivity contribution in [3.8, 4) is 22.7 Å². The lowest BCUT2D eigenvalue weighted by atomic mass is 10.1. The van der Waals surface area contributed by atoms with Crippen molar-refractivity contribution in [2.24, 2.45) is 0 Å². The van der Waals surface area contributed by atoms with Crippen molar-refractivity contribution >= 4 is 11.8 Å². The smallest absolute Gasteiger partial charge is 0.247 e. The molecule has 2 heterocycles. The summed E-state index contributed by atoms with van der Waals surface area (Å²) in [5.74, 6) is 1.15. The van der Waals surface area contributed by atoms with Gasteiger partial charge in [0.05, 0.1) is 17.1 Å². The lowest BCUT2D eigenvalue weighted by Crippen LogP contribution is -2.00. The first-order valence-electron chi connectivity index (χ1n) is 9.33. The van der Waals surface area contributed by atoms with Gasteiger partial charge in [0.15, 0.2) is 5.16 Å². The SMILES string of the molecule is CCn1c(-c2ccccc2)cnc1S[C@@H](C)c1nnc(-c2ccc(C)cc2)o1. The van der Waals surface area contributed by atoms with Crippen LogP contribution in [0.4, 0.5) is 0 Å². The zero-order chi connectivity index (χ0) is 19.5. The lowest BCUT2D eigenvalue weighted by Gasteiger charge is -2.11. The third kappa shape index (κ3) is 3.73. The molecule has 2 aromatic carbocycles. The third-order valence-corrected chi connectivity index (χ3v) is 5.67. The van der Waals surface area contributed by atoms with Gasteiger partial charge in [-0.05, 0) is 38.5 Å². The maximum atomic E-state index is 5.93. The van der Waals surface area contributed by atoms with Gasteiger partial charge in [-0.3, -0.25) is 0 Å². The molecule has 5 nitrogen and oxygen atoms in total. The predicted molar refractivity (Wildman–Crippen MR) is 112 cm³/mol. The standard InChI is InChI=1S/C22H22N4OS/c1-4-26-19(17-8-6-5-7-9-17)14-23-22(26)28-16(3)20-24-25-21(27-20)18-12-10-15(2)11-13-18/h5-14,16H,4H2,1-3H3/t16-/m0/s1. The van der Waals surface area contributed by atoms with Crippen molar-refractivity contribution in [3.05, 3.63) is 72.2 Å². The molecule has 0 fully saturated rings. The Morgan fingerprint density at radius 2 is 1.75 bits per heavy atom. The number of hydrogen-bond donors (Lipinski definition) is 0. The van der Waals surface area contributed by atoms with Gasteiger partial charge in [0.1, 0.15) is 0 Å². The fourth-order valence-electron chi connectivity index (χ4n) is 3.02. The monoisotopic (exact) mass is 390 g/mol. The molecule has 0 aliphatic rings. The van der Waals surface area contributed by atoms with Crippen LogP contribution in [0.3, 0.4) is 0 Å². The van der Waals surface area contributed by atoms with Crippen LogP contribution in [-0.2, 0) is 6.54 Å². The van der Waals surface area contributed by atoms with E-state index in [0.29, 0.717) is 11.8 Å². The van der Waals surface area contributed by atoms with Gasteiger partial charge in [-0.25, -0.2) is 4.98 Å². The maximum absolute atomic E-state index is 5.93. The number of benzene rings is 2. The predicted octanol–water partition coefficient (Wildman–Crippen LogP) is 5.78. The van der Waals surface area contributed by atoms with E-state index in [1.165, 1.54) is 5.56 Å². The first kappa shape index (κ1) is 18.5. The van der Waals surface area contributed by atoms with Crippen LogP contribution in [-0.4, -0.2) is 19.7 Å². The molecular weight excluding hydrogens is 368 g/mol. The van der Waals surface area contributed by atoms with Crippen molar-refractivity contribution in [2.75, 3.05) is 0 Å². The normalized spacial score (nSPS) is 12.2. The molecule has 1 atom stereocenters. The molecule has 0 radical (unpaired) electrons. The van der Waals surface area contributed by atoms with E-state index in [0.717, 1.165) is 28.5 Å². The first-order valence-corrected chi connectivity index (χ1v) is 10.2. The molecule has 0 bridgehead atoms. The number of hydrogen-bond acceptors (Lipinski definition) is 5. The minimum absolute atomic E-state index is 0.00280. The quantitative estimate of drug-likeness (QED) is 0.391. The highest BCUT2D eigenvalue weighted by molar-refractivity contribution is 7.99. The lowest BCUT2D eigenvalue weighted by molar-refractivity contribution is 0.508. The van der Waals surface area contributed by atoms with Crippen LogP contribution < -0.4 is 0 Å². The second-order valence-corrected chi connectivity index (χ2v) is 7.92. The summed E-state index contributed by atoms with van der Waals surface area (Å²) in [6, 6.07) is 18.4. The highest BCUT2D eigenvalue weighted by Crippen LogP contribution is 2.36. The average Bonchev–Trinajstić information content (AvgIpc) is 3.36. The Morgan fingerprint density at radius 1 is 1.00 bits per heavy atom. The second-order valence-electron chi connectivity index (χ2n) is 6.61. The minimum Gasteiger partial charge on any atom is -0.419 e. The summed E-state index contributed by atoms with van der Waals surface area (Å²) in [4.78, 5) is 4.64. The molecule has 2 aromatic heterocycles. The molecule has 0 saturated carbocycles. The molecule has 4 aromatic rings. The van der Waals surface area contributed by atoms with E-state index >= 15 is 0 Å². The summed E-state index contributed by atoms with van der Waals surface area (Å²) < 4.78 is 8.14. The van der Waals surface area contributed by atoms with Crippen LogP contribution in [0.5, 0.6) is 0 Å². The van der Waals surface area contributed by atoms with E-state index in [1.807, 2.05) is 48.7 Å². The Morgan fingerprint density at radius 3 is 2.46 bits per heavy atom. The third-order valence-electron chi connectivity index (χ3n) is 4.57. The number of rotatable bonds is 6. The van der Waals surface area contributed by atoms with E-state index in [-0.39, 0.29) is 5.25 Å². The van der Waals surface area contributed by atoms with E-state index < -0.39 is 0 Å². The van der Waals surface area contributed by atoms with Crippen LogP contribution in [0, 0.1) is 6.92 Å². The minimum atomic E-state index is 0.00280. The van der Waals surface area contributed by atoms with E-state index in [1.54, 1.807) is 11.8 Å². The van der Waals surface area contributed by atoms with Gasteiger partial charge in [-0.1, -0.05) is 59.8 Å². The molecule has 0 N–H and O–H groups in total. The van der Waals surface area contributed by atoms with Gasteiger partial charge < -0.3 is 8.98 Å². The van der Waals surface area contributed by atoms with Gasteiger partial charge in [0, 0.05) is 12.1 Å². The fourth-order valence-corrected chi connectivity index (χ4v) is 4.00. The Kier molecular flexibility index (Phi) is 5.30. The molecule has 0 saturated heterocycles. The largest absolute Gasteiger partial charge is 0.419 e. The second kappa shape index (κ2) is 8.02. The summed E-state index contributed by atoms with van der Waals surface area (Å²) in [5.41, 5.74) is 4.41. The van der Waals surface area contributed by atoms with Crippen LogP contribution >= 0.6 is 11.8 Å². The summed E-state index contributed by atoms with van der Waals surface area (Å²) in [6.45, 7) is 7.10. The van der Waals surface area contributed by atoms with Gasteiger partial charge in [-0.2, -0.15) is 0 Å². The number of nitrogens with zero attached hydrogens (tertiary/aromatic N) is 4. The van der Waals surface area contributed by atoms with Gasteiger partial charge in [0.25, 0.3) is 0 Å². The van der Waals surface area contributed by atoms with Crippen LogP contribution in [0.25, 0.3) is 22.7 Å². The highest BCUT2D eigenvalue weighted by atomic mass is 32.2. The van der Waals surface area contributed by atoms with Crippen molar-refractivity contribution in [1.29, 1.82) is 0 Å². The number of thioether (sulfide) groups is 1. The zero-order valence-electron chi connectivity index (χ0n) is 16.2. The molecule has 142 valence electrons. The Hall–Kier alpha value is -2.86. The molecule has 0 aliphatic heterocycles. The topological polar surface area (TPSA) is 56.7 Å².